The summed E-state index contributed by atoms with van der Waals surface area (Å²) in [5.41, 5.74) is 9.81. The molecule has 11 heteroatoms. The second kappa shape index (κ2) is 14.0. The van der Waals surface area contributed by atoms with E-state index in [0.29, 0.717) is 36.8 Å². The third kappa shape index (κ3) is 7.41. The third-order valence-electron chi connectivity index (χ3n) is 9.19. The topological polar surface area (TPSA) is 144 Å². The van der Waals surface area contributed by atoms with Gasteiger partial charge < -0.3 is 26.2 Å². The van der Waals surface area contributed by atoms with Crippen LogP contribution in [0.4, 0.5) is 23.0 Å². The Balaban J connectivity index is 1.12. The van der Waals surface area contributed by atoms with Crippen LogP contribution in [-0.4, -0.2) is 71.4 Å². The number of hydrogen-bond acceptors (Lipinski definition) is 11. The number of rotatable bonds is 11. The van der Waals surface area contributed by atoms with Crippen molar-refractivity contribution in [3.05, 3.63) is 102 Å². The van der Waals surface area contributed by atoms with E-state index in [4.69, 9.17) is 9.97 Å². The van der Waals surface area contributed by atoms with Gasteiger partial charge in [-0.25, -0.2) is 15.0 Å². The molecule has 11 nitrogen and oxygen atoms in total. The summed E-state index contributed by atoms with van der Waals surface area (Å²) in [6.07, 6.45) is 7.68. The third-order valence-corrected chi connectivity index (χ3v) is 9.19. The molecule has 256 valence electrons. The van der Waals surface area contributed by atoms with E-state index in [0.717, 1.165) is 80.7 Å². The number of benzene rings is 2. The molecule has 0 spiro atoms. The number of aliphatic hydroxyl groups is 2. The van der Waals surface area contributed by atoms with Gasteiger partial charge in [-0.3, -0.25) is 14.9 Å². The van der Waals surface area contributed by atoms with E-state index < -0.39 is 5.60 Å². The molecule has 1 aliphatic heterocycles. The van der Waals surface area contributed by atoms with Crippen molar-refractivity contribution in [2.75, 3.05) is 30.3 Å². The maximum atomic E-state index is 10.0. The van der Waals surface area contributed by atoms with Crippen LogP contribution in [0, 0.1) is 13.8 Å². The molecule has 0 amide bonds. The Morgan fingerprint density at radius 2 is 1.50 bits per heavy atom. The Morgan fingerprint density at radius 3 is 2.18 bits per heavy atom. The van der Waals surface area contributed by atoms with Gasteiger partial charge in [-0.05, 0) is 97.8 Å². The normalized spacial score (nSPS) is 15.2. The minimum absolute atomic E-state index is 0.241. The van der Waals surface area contributed by atoms with E-state index in [1.54, 1.807) is 20.2 Å². The van der Waals surface area contributed by atoms with Gasteiger partial charge in [0.15, 0.2) is 11.6 Å². The minimum atomic E-state index is -0.789. The molecule has 7 rings (SSSR count). The average Bonchev–Trinajstić information content (AvgIpc) is 3.50. The summed E-state index contributed by atoms with van der Waals surface area (Å²) in [5.74, 6) is 1.34. The highest BCUT2D eigenvalue weighted by Gasteiger charge is 2.21. The molecule has 0 aliphatic carbocycles. The van der Waals surface area contributed by atoms with Crippen LogP contribution >= 0.6 is 0 Å². The van der Waals surface area contributed by atoms with Gasteiger partial charge >= 0.3 is 0 Å². The Bertz CT molecular complexity index is 2170. The zero-order valence-electron chi connectivity index (χ0n) is 28.9. The number of aromatic nitrogens is 5. The fourth-order valence-corrected chi connectivity index (χ4v) is 6.56. The number of anilines is 4. The highest BCUT2D eigenvalue weighted by molar-refractivity contribution is 5.92. The molecule has 1 atom stereocenters. The lowest BCUT2D eigenvalue weighted by Gasteiger charge is -2.18. The molecule has 0 saturated carbocycles. The van der Waals surface area contributed by atoms with Gasteiger partial charge in [0.25, 0.3) is 0 Å². The van der Waals surface area contributed by atoms with Crippen molar-refractivity contribution in [2.45, 2.75) is 58.9 Å². The first-order valence-electron chi connectivity index (χ1n) is 17.0. The molecular weight excluding hydrogens is 626 g/mol. The van der Waals surface area contributed by atoms with E-state index in [1.807, 2.05) is 42.9 Å². The molecule has 1 aliphatic rings. The van der Waals surface area contributed by atoms with Gasteiger partial charge in [-0.1, -0.05) is 24.3 Å². The number of nitrogens with zero attached hydrogens (tertiary/aromatic N) is 6. The second-order valence-electron chi connectivity index (χ2n) is 13.8. The monoisotopic (exact) mass is 669 g/mol. The summed E-state index contributed by atoms with van der Waals surface area (Å²) >= 11 is 0. The summed E-state index contributed by atoms with van der Waals surface area (Å²) in [6.45, 7) is 11.2. The number of hydrogen-bond donors (Lipinski definition) is 5. The molecule has 6 aromatic rings. The zero-order chi connectivity index (χ0) is 34.8. The molecule has 1 fully saturated rings. The number of pyridine rings is 3. The second-order valence-corrected chi connectivity index (χ2v) is 13.8. The summed E-state index contributed by atoms with van der Waals surface area (Å²) in [5, 5.41) is 31.3. The average molecular weight is 670 g/mol. The Labute approximate surface area is 291 Å². The molecule has 2 aromatic carbocycles. The van der Waals surface area contributed by atoms with Crippen molar-refractivity contribution in [1.82, 2.24) is 35.1 Å². The van der Waals surface area contributed by atoms with Crippen molar-refractivity contribution in [2.24, 2.45) is 0 Å². The number of likely N-dealkylation sites (tertiary alicyclic amines) is 1. The van der Waals surface area contributed by atoms with Crippen molar-refractivity contribution in [3.8, 4) is 11.1 Å². The largest absolute Gasteiger partial charge is 0.392 e. The van der Waals surface area contributed by atoms with E-state index in [-0.39, 0.29) is 6.10 Å². The van der Waals surface area contributed by atoms with Gasteiger partial charge in [0, 0.05) is 68.1 Å². The first kappa shape index (κ1) is 33.4. The lowest BCUT2D eigenvalue weighted by atomic mass is 9.94. The van der Waals surface area contributed by atoms with Gasteiger partial charge in [-0.2, -0.15) is 0 Å². The Kier molecular flexibility index (Phi) is 9.39. The molecule has 1 saturated heterocycles. The lowest BCUT2D eigenvalue weighted by molar-refractivity contribution is 0.0795. The highest BCUT2D eigenvalue weighted by Crippen LogP contribution is 2.36. The molecule has 0 bridgehead atoms. The quantitative estimate of drug-likeness (QED) is 0.108. The van der Waals surface area contributed by atoms with Crippen LogP contribution in [0.3, 0.4) is 0 Å². The first-order valence-corrected chi connectivity index (χ1v) is 17.0. The Morgan fingerprint density at radius 1 is 0.820 bits per heavy atom. The fourth-order valence-electron chi connectivity index (χ4n) is 6.56. The van der Waals surface area contributed by atoms with Crippen molar-refractivity contribution < 1.29 is 10.2 Å². The summed E-state index contributed by atoms with van der Waals surface area (Å²) in [4.78, 5) is 25.4. The summed E-state index contributed by atoms with van der Waals surface area (Å²) < 4.78 is 0. The predicted molar refractivity (Wildman–Crippen MR) is 199 cm³/mol. The maximum absolute atomic E-state index is 10.0. The SMILES string of the molecule is Cc1c(Nc2nccc3cc(CN4CC[C@@H](O)C4)cnc23)cccc1-c1cccc(Nc2ncnc3cc(CNCC(C)(C)O)cnc23)c1C. The number of aliphatic hydroxyl groups excluding tert-OH is 1. The molecule has 5 N–H and O–H groups in total. The van der Waals surface area contributed by atoms with Gasteiger partial charge in [0.05, 0.1) is 17.2 Å². The first-order chi connectivity index (χ1) is 24.1. The summed E-state index contributed by atoms with van der Waals surface area (Å²) in [7, 11) is 0. The van der Waals surface area contributed by atoms with E-state index in [2.05, 4.69) is 80.0 Å². The lowest BCUT2D eigenvalue weighted by Crippen LogP contribution is -2.34. The predicted octanol–water partition coefficient (Wildman–Crippen LogP) is 6.17. The smallest absolute Gasteiger partial charge is 0.160 e. The fraction of sp³-hybridized carbons (Fsp3) is 0.308. The maximum Gasteiger partial charge on any atom is 0.160 e. The summed E-state index contributed by atoms with van der Waals surface area (Å²) in [6, 6.07) is 18.6. The van der Waals surface area contributed by atoms with Crippen LogP contribution in [0.25, 0.3) is 33.1 Å². The Hall–Kier alpha value is -5.07. The van der Waals surface area contributed by atoms with Crippen LogP contribution < -0.4 is 16.0 Å². The zero-order valence-corrected chi connectivity index (χ0v) is 28.9. The van der Waals surface area contributed by atoms with Gasteiger partial charge in [0.1, 0.15) is 17.4 Å². The van der Waals surface area contributed by atoms with Crippen LogP contribution in [0.1, 0.15) is 42.5 Å². The molecule has 50 heavy (non-hydrogen) atoms. The van der Waals surface area contributed by atoms with Crippen LogP contribution in [0.5, 0.6) is 0 Å². The number of fused-ring (bicyclic) bond motifs is 2. The highest BCUT2D eigenvalue weighted by atomic mass is 16.3. The van der Waals surface area contributed by atoms with Crippen molar-refractivity contribution >= 4 is 44.9 Å². The van der Waals surface area contributed by atoms with Crippen molar-refractivity contribution in [1.29, 1.82) is 0 Å². The molecule has 5 heterocycles. The van der Waals surface area contributed by atoms with Crippen LogP contribution in [-0.2, 0) is 13.1 Å². The van der Waals surface area contributed by atoms with E-state index in [1.165, 1.54) is 0 Å². The molecule has 0 radical (unpaired) electrons. The van der Waals surface area contributed by atoms with Crippen LogP contribution in [0.2, 0.25) is 0 Å². The van der Waals surface area contributed by atoms with Crippen LogP contribution in [0.15, 0.2) is 79.5 Å². The molecule has 4 aromatic heterocycles. The molecule has 0 unspecified atom stereocenters. The number of nitrogens with one attached hydrogen (secondary N) is 3. The van der Waals surface area contributed by atoms with E-state index in [9.17, 15) is 10.2 Å². The van der Waals surface area contributed by atoms with Gasteiger partial charge in [0.2, 0.25) is 0 Å². The number of β-amino-alcohol motifs (C(OH)–C–C–N with tert-alkyl or cyclic N) is 1. The molecular formula is C39H43N9O2. The van der Waals surface area contributed by atoms with Gasteiger partial charge in [-0.15, -0.1) is 0 Å². The van der Waals surface area contributed by atoms with Crippen molar-refractivity contribution in [3.63, 3.8) is 0 Å². The minimum Gasteiger partial charge on any atom is -0.392 e. The standard InChI is InChI=1S/C39H43N9O2/c1-24-30(7-5-9-32(24)46-37-35-28(11-13-41-37)15-27(19-42-35)20-48-14-12-29(49)21-48)31-8-6-10-33(25(31)2)47-38-36-34(44-23-45-38)16-26(18-43-36)17-40-22-39(3,4)50/h5-11,13,15-16,18-19,23,29,40,49-50H,12,14,17,20-22H2,1-4H3,(H,41,46)(H,44,45,47)/t29-/m1/s1. The van der Waals surface area contributed by atoms with E-state index >= 15 is 0 Å².